The summed E-state index contributed by atoms with van der Waals surface area (Å²) < 4.78 is 55.9. The molecular weight excluding hydrogens is 522 g/mol. The number of halogens is 3. The van der Waals surface area contributed by atoms with Gasteiger partial charge < -0.3 is 24.4 Å². The quantitative estimate of drug-likeness (QED) is 0.397. The van der Waals surface area contributed by atoms with E-state index in [2.05, 4.69) is 26.0 Å². The Morgan fingerprint density at radius 3 is 2.70 bits per heavy atom. The molecule has 3 aromatic carbocycles. The van der Waals surface area contributed by atoms with Crippen molar-refractivity contribution < 1.29 is 32.7 Å². The van der Waals surface area contributed by atoms with Crippen molar-refractivity contribution in [3.8, 4) is 28.4 Å². The molecule has 11 heteroatoms. The van der Waals surface area contributed by atoms with Gasteiger partial charge in [0.05, 0.1) is 18.1 Å². The van der Waals surface area contributed by atoms with Crippen LogP contribution in [0.4, 0.5) is 14.5 Å². The fourth-order valence-electron chi connectivity index (χ4n) is 3.23. The Hall–Kier alpha value is -3.02. The zero-order valence-electron chi connectivity index (χ0n) is 17.1. The van der Waals surface area contributed by atoms with Crippen molar-refractivity contribution in [2.75, 3.05) is 25.0 Å². The number of ether oxygens (including phenoxy) is 2. The van der Waals surface area contributed by atoms with Gasteiger partial charge in [0.15, 0.2) is 11.6 Å². The number of nitrogens with one attached hydrogen (secondary N) is 2. The van der Waals surface area contributed by atoms with E-state index in [4.69, 9.17) is 9.47 Å². The molecular formula is C22H17BrF2N2O5S. The Labute approximate surface area is 199 Å². The van der Waals surface area contributed by atoms with Crippen molar-refractivity contribution >= 4 is 38.9 Å². The molecule has 1 aliphatic heterocycles. The van der Waals surface area contributed by atoms with Crippen LogP contribution >= 0.6 is 15.9 Å². The molecule has 4 bridgehead atoms. The van der Waals surface area contributed by atoms with Gasteiger partial charge in [-0.15, -0.1) is 0 Å². The topological polar surface area (TPSA) is 103 Å². The van der Waals surface area contributed by atoms with Crippen LogP contribution in [0.5, 0.6) is 17.2 Å². The molecule has 1 aliphatic rings. The van der Waals surface area contributed by atoms with Crippen molar-refractivity contribution in [2.45, 2.75) is 4.90 Å². The Morgan fingerprint density at radius 2 is 1.94 bits per heavy atom. The molecule has 0 aliphatic carbocycles. The van der Waals surface area contributed by atoms with E-state index in [0.717, 1.165) is 6.07 Å². The van der Waals surface area contributed by atoms with Crippen LogP contribution in [0.25, 0.3) is 11.1 Å². The average Bonchev–Trinajstić information content (AvgIpc) is 2.79. The number of carbonyl (C=O) groups is 1. The summed E-state index contributed by atoms with van der Waals surface area (Å²) in [5.74, 6) is -2.06. The number of anilines is 1. The van der Waals surface area contributed by atoms with E-state index in [1.807, 2.05) is 0 Å². The maximum Gasteiger partial charge on any atom is 0.251 e. The number of fused-ring (bicyclic) bond motifs is 6. The van der Waals surface area contributed by atoms with Crippen molar-refractivity contribution in [1.82, 2.24) is 5.32 Å². The molecule has 0 fully saturated rings. The minimum atomic E-state index is -2.19. The molecule has 0 radical (unpaired) electrons. The van der Waals surface area contributed by atoms with Gasteiger partial charge in [0.1, 0.15) is 41.0 Å². The Bertz CT molecular complexity index is 1240. The lowest BCUT2D eigenvalue weighted by Gasteiger charge is -2.16. The third-order valence-corrected chi connectivity index (χ3v) is 6.59. The summed E-state index contributed by atoms with van der Waals surface area (Å²) in [6.07, 6.45) is 0. The van der Waals surface area contributed by atoms with Crippen LogP contribution in [-0.4, -0.2) is 35.8 Å². The maximum atomic E-state index is 14.8. The lowest BCUT2D eigenvalue weighted by atomic mass is 10.0. The van der Waals surface area contributed by atoms with Crippen molar-refractivity contribution in [3.63, 3.8) is 0 Å². The summed E-state index contributed by atoms with van der Waals surface area (Å²) in [5, 5.41) is 13.0. The van der Waals surface area contributed by atoms with Gasteiger partial charge in [-0.1, -0.05) is 0 Å². The van der Waals surface area contributed by atoms with Gasteiger partial charge in [0.25, 0.3) is 5.91 Å². The number of benzene rings is 3. The first-order chi connectivity index (χ1) is 15.8. The molecule has 1 atom stereocenters. The zero-order chi connectivity index (χ0) is 23.7. The molecule has 1 unspecified atom stereocenters. The number of hydrogen-bond donors (Lipinski definition) is 3. The standard InChI is InChI=1S/C22H17BrF2N2O5S/c1-31-12-2-3-19-14(8-12)13-9-18(17(25)10-16(13)24)27-33(30)20-7-11(6-15(23)21(20)28)22(29)26-4-5-32-19/h2-3,6-10,27-28H,4-5H2,1H3,(H,26,29). The van der Waals surface area contributed by atoms with Crippen LogP contribution in [-0.2, 0) is 11.4 Å². The van der Waals surface area contributed by atoms with E-state index in [-0.39, 0.29) is 56.4 Å². The van der Waals surface area contributed by atoms with Crippen LogP contribution in [0.2, 0.25) is 0 Å². The molecule has 1 heterocycles. The van der Waals surface area contributed by atoms with E-state index in [1.54, 1.807) is 12.1 Å². The molecule has 1 amide bonds. The second-order valence-electron chi connectivity index (χ2n) is 6.95. The predicted octanol–water partition coefficient (Wildman–Crippen LogP) is 4.37. The first-order valence-electron chi connectivity index (χ1n) is 9.58. The lowest BCUT2D eigenvalue weighted by Crippen LogP contribution is -2.28. The van der Waals surface area contributed by atoms with Gasteiger partial charge in [0, 0.05) is 28.8 Å². The molecule has 4 rings (SSSR count). The highest BCUT2D eigenvalue weighted by atomic mass is 79.9. The van der Waals surface area contributed by atoms with Crippen LogP contribution < -0.4 is 19.5 Å². The summed E-state index contributed by atoms with van der Waals surface area (Å²) in [6.45, 7) is 0.160. The molecule has 7 nitrogen and oxygen atoms in total. The fourth-order valence-corrected chi connectivity index (χ4v) is 4.81. The van der Waals surface area contributed by atoms with Crippen LogP contribution in [0.3, 0.4) is 0 Å². The Kier molecular flexibility index (Phi) is 6.63. The summed E-state index contributed by atoms with van der Waals surface area (Å²) in [6, 6.07) is 9.11. The number of hydrogen-bond acceptors (Lipinski definition) is 6. The maximum absolute atomic E-state index is 14.8. The SMILES string of the molecule is COc1ccc2c(c1)-c1cc(c(F)cc1F)N[S+]([O-])c1cc(cc(Br)c1O)C(=O)NCCO2. The van der Waals surface area contributed by atoms with Gasteiger partial charge in [-0.3, -0.25) is 4.79 Å². The number of aromatic hydroxyl groups is 1. The number of rotatable bonds is 1. The van der Waals surface area contributed by atoms with E-state index in [0.29, 0.717) is 11.8 Å². The highest BCUT2D eigenvalue weighted by Gasteiger charge is 2.25. The number of methoxy groups -OCH3 is 1. The minimum Gasteiger partial charge on any atom is -0.588 e. The van der Waals surface area contributed by atoms with Crippen LogP contribution in [0, 0.1) is 11.6 Å². The molecule has 3 N–H and O–H groups in total. The monoisotopic (exact) mass is 538 g/mol. The van der Waals surface area contributed by atoms with E-state index in [1.165, 1.54) is 25.3 Å². The summed E-state index contributed by atoms with van der Waals surface area (Å²) in [7, 11) is 1.44. The summed E-state index contributed by atoms with van der Waals surface area (Å²) in [5.41, 5.74) is 0.0831. The van der Waals surface area contributed by atoms with Gasteiger partial charge >= 0.3 is 0 Å². The third-order valence-electron chi connectivity index (χ3n) is 4.87. The normalized spacial score (nSPS) is 15.8. The summed E-state index contributed by atoms with van der Waals surface area (Å²) in [4.78, 5) is 12.4. The van der Waals surface area contributed by atoms with Crippen molar-refractivity contribution in [2.24, 2.45) is 0 Å². The van der Waals surface area contributed by atoms with Crippen LogP contribution in [0.1, 0.15) is 10.4 Å². The molecule has 0 spiro atoms. The van der Waals surface area contributed by atoms with Gasteiger partial charge in [-0.25, -0.2) is 13.5 Å². The smallest absolute Gasteiger partial charge is 0.251 e. The van der Waals surface area contributed by atoms with E-state index in [9.17, 15) is 23.2 Å². The highest BCUT2D eigenvalue weighted by molar-refractivity contribution is 9.10. The van der Waals surface area contributed by atoms with Crippen molar-refractivity contribution in [1.29, 1.82) is 0 Å². The minimum absolute atomic E-state index is 0.0251. The van der Waals surface area contributed by atoms with E-state index < -0.39 is 28.9 Å². The molecule has 3 aromatic rings. The van der Waals surface area contributed by atoms with Gasteiger partial charge in [-0.2, -0.15) is 0 Å². The number of carbonyl (C=O) groups excluding carboxylic acids is 1. The number of phenolic OH excluding ortho intramolecular Hbond substituents is 1. The average molecular weight is 539 g/mol. The van der Waals surface area contributed by atoms with Crippen molar-refractivity contribution in [3.05, 3.63) is 64.1 Å². The van der Waals surface area contributed by atoms with Crippen LogP contribution in [0.15, 0.2) is 51.8 Å². The molecule has 0 aromatic heterocycles. The number of phenols is 1. The largest absolute Gasteiger partial charge is 0.588 e. The third kappa shape index (κ3) is 4.70. The lowest BCUT2D eigenvalue weighted by molar-refractivity contribution is 0.0946. The molecule has 172 valence electrons. The molecule has 0 saturated carbocycles. The van der Waals surface area contributed by atoms with Gasteiger partial charge in [0.2, 0.25) is 4.90 Å². The first-order valence-corrected chi connectivity index (χ1v) is 11.5. The zero-order valence-corrected chi connectivity index (χ0v) is 19.5. The molecule has 0 saturated heterocycles. The highest BCUT2D eigenvalue weighted by Crippen LogP contribution is 2.39. The Balaban J connectivity index is 1.88. The predicted molar refractivity (Wildman–Crippen MR) is 122 cm³/mol. The van der Waals surface area contributed by atoms with Gasteiger partial charge in [-0.05, 0) is 46.3 Å². The second kappa shape index (κ2) is 9.46. The first kappa shape index (κ1) is 23.1. The van der Waals surface area contributed by atoms with E-state index >= 15 is 0 Å². The Morgan fingerprint density at radius 1 is 1.15 bits per heavy atom. The molecule has 33 heavy (non-hydrogen) atoms. The second-order valence-corrected chi connectivity index (χ2v) is 8.99. The number of amides is 1. The summed E-state index contributed by atoms with van der Waals surface area (Å²) >= 11 is 0.934. The fraction of sp³-hybridized carbons (Fsp3) is 0.136.